The molecular formula is C19H22N6O3. The molecule has 1 fully saturated rings. The van der Waals surface area contributed by atoms with Crippen LogP contribution in [0.4, 0.5) is 0 Å². The Labute approximate surface area is 162 Å². The molecule has 3 heterocycles. The Bertz CT molecular complexity index is 982. The molecule has 0 N–H and O–H groups in total. The average molecular weight is 382 g/mol. The van der Waals surface area contributed by atoms with E-state index < -0.39 is 0 Å². The minimum absolute atomic E-state index is 0.0503. The average Bonchev–Trinajstić information content (AvgIpc) is 3.46. The van der Waals surface area contributed by atoms with Crippen molar-refractivity contribution in [3.05, 3.63) is 42.4 Å². The van der Waals surface area contributed by atoms with Crippen LogP contribution in [0, 0.1) is 0 Å². The van der Waals surface area contributed by atoms with Gasteiger partial charge in [0.15, 0.2) is 0 Å². The highest BCUT2D eigenvalue weighted by molar-refractivity contribution is 5.94. The molecule has 9 nitrogen and oxygen atoms in total. The summed E-state index contributed by atoms with van der Waals surface area (Å²) in [6, 6.07) is 7.45. The summed E-state index contributed by atoms with van der Waals surface area (Å²) in [5, 5.41) is 12.4. The number of rotatable bonds is 5. The molecule has 1 aliphatic rings. The van der Waals surface area contributed by atoms with Gasteiger partial charge in [-0.1, -0.05) is 5.21 Å². The molecule has 1 saturated heterocycles. The number of aryl methyl sites for hydroxylation is 1. The van der Waals surface area contributed by atoms with Gasteiger partial charge < -0.3 is 14.4 Å². The maximum absolute atomic E-state index is 13.1. The number of carbonyl (C=O) groups is 1. The van der Waals surface area contributed by atoms with Crippen molar-refractivity contribution in [2.45, 2.75) is 12.5 Å². The second-order valence-electron chi connectivity index (χ2n) is 6.68. The van der Waals surface area contributed by atoms with Crippen LogP contribution in [0.3, 0.4) is 0 Å². The number of nitrogens with zero attached hydrogens (tertiary/aromatic N) is 6. The molecule has 0 bridgehead atoms. The van der Waals surface area contributed by atoms with E-state index in [1.165, 1.54) is 0 Å². The molecule has 1 amide bonds. The first-order valence-corrected chi connectivity index (χ1v) is 9.02. The smallest absolute Gasteiger partial charge is 0.272 e. The summed E-state index contributed by atoms with van der Waals surface area (Å²) in [5.74, 6) is 1.32. The first kappa shape index (κ1) is 18.0. The van der Waals surface area contributed by atoms with Gasteiger partial charge in [-0.15, -0.1) is 5.10 Å². The third-order valence-electron chi connectivity index (χ3n) is 5.05. The lowest BCUT2D eigenvalue weighted by molar-refractivity contribution is 0.0776. The van der Waals surface area contributed by atoms with Crippen LogP contribution in [0.15, 0.2) is 36.7 Å². The minimum atomic E-state index is -0.0503. The third-order valence-corrected chi connectivity index (χ3v) is 5.05. The fourth-order valence-electron chi connectivity index (χ4n) is 3.53. The van der Waals surface area contributed by atoms with Gasteiger partial charge >= 0.3 is 0 Å². The number of hydrogen-bond acceptors (Lipinski definition) is 6. The Morgan fingerprint density at radius 1 is 1.21 bits per heavy atom. The van der Waals surface area contributed by atoms with E-state index in [9.17, 15) is 4.79 Å². The highest BCUT2D eigenvalue weighted by atomic mass is 16.5. The fourth-order valence-corrected chi connectivity index (χ4v) is 3.53. The van der Waals surface area contributed by atoms with E-state index in [4.69, 9.17) is 9.47 Å². The predicted molar refractivity (Wildman–Crippen MR) is 101 cm³/mol. The SMILES string of the molecule is COc1ccc(OC)c(-c2cc(C(=O)N3CCC(n4ccnn4)C3)n(C)n2)c1. The van der Waals surface area contributed by atoms with Gasteiger partial charge in [0.2, 0.25) is 0 Å². The largest absolute Gasteiger partial charge is 0.497 e. The van der Waals surface area contributed by atoms with Gasteiger partial charge in [0.25, 0.3) is 5.91 Å². The standard InChI is InChI=1S/C19H22N6O3/c1-23-17(19(26)24-8-6-13(12-24)25-9-7-20-22-25)11-16(21-23)15-10-14(27-2)4-5-18(15)28-3/h4-5,7,9-11,13H,6,8,12H2,1-3H3. The molecule has 1 unspecified atom stereocenters. The second kappa shape index (κ2) is 7.34. The highest BCUT2D eigenvalue weighted by Gasteiger charge is 2.30. The van der Waals surface area contributed by atoms with Crippen molar-refractivity contribution in [3.8, 4) is 22.8 Å². The fraction of sp³-hybridized carbons (Fsp3) is 0.368. The zero-order chi connectivity index (χ0) is 19.7. The van der Waals surface area contributed by atoms with Gasteiger partial charge in [0.1, 0.15) is 17.2 Å². The lowest BCUT2D eigenvalue weighted by Gasteiger charge is -2.16. The van der Waals surface area contributed by atoms with E-state index in [0.29, 0.717) is 36.0 Å². The monoisotopic (exact) mass is 382 g/mol. The van der Waals surface area contributed by atoms with Gasteiger partial charge in [0.05, 0.1) is 32.2 Å². The van der Waals surface area contributed by atoms with Crippen LogP contribution >= 0.6 is 0 Å². The van der Waals surface area contributed by atoms with Crippen molar-refractivity contribution in [2.75, 3.05) is 27.3 Å². The van der Waals surface area contributed by atoms with Crippen LogP contribution in [-0.2, 0) is 7.05 Å². The minimum Gasteiger partial charge on any atom is -0.497 e. The van der Waals surface area contributed by atoms with Gasteiger partial charge in [-0.25, -0.2) is 4.68 Å². The number of aromatic nitrogens is 5. The molecule has 1 aromatic carbocycles. The molecule has 2 aromatic heterocycles. The van der Waals surface area contributed by atoms with Crippen LogP contribution in [0.1, 0.15) is 23.0 Å². The number of hydrogen-bond donors (Lipinski definition) is 0. The Morgan fingerprint density at radius 3 is 2.79 bits per heavy atom. The summed E-state index contributed by atoms with van der Waals surface area (Å²) in [7, 11) is 4.99. The number of carbonyl (C=O) groups excluding carboxylic acids is 1. The van der Waals surface area contributed by atoms with Crippen molar-refractivity contribution >= 4 is 5.91 Å². The molecule has 146 valence electrons. The molecule has 0 radical (unpaired) electrons. The molecule has 0 spiro atoms. The van der Waals surface area contributed by atoms with Gasteiger partial charge in [-0.05, 0) is 30.7 Å². The zero-order valence-corrected chi connectivity index (χ0v) is 16.1. The normalized spacial score (nSPS) is 16.4. The van der Waals surface area contributed by atoms with Gasteiger partial charge in [0, 0.05) is 31.9 Å². The number of likely N-dealkylation sites (tertiary alicyclic amines) is 1. The van der Waals surface area contributed by atoms with Crippen LogP contribution in [0.5, 0.6) is 11.5 Å². The van der Waals surface area contributed by atoms with Crippen molar-refractivity contribution in [1.82, 2.24) is 29.7 Å². The number of methoxy groups -OCH3 is 2. The molecular weight excluding hydrogens is 360 g/mol. The van der Waals surface area contributed by atoms with Crippen LogP contribution in [0.25, 0.3) is 11.3 Å². The first-order valence-electron chi connectivity index (χ1n) is 9.02. The molecule has 28 heavy (non-hydrogen) atoms. The molecule has 9 heteroatoms. The van der Waals surface area contributed by atoms with Crippen LogP contribution in [0.2, 0.25) is 0 Å². The van der Waals surface area contributed by atoms with E-state index in [0.717, 1.165) is 12.0 Å². The third kappa shape index (κ3) is 3.19. The lowest BCUT2D eigenvalue weighted by Crippen LogP contribution is -2.30. The number of ether oxygens (including phenoxy) is 2. The predicted octanol–water partition coefficient (Wildman–Crippen LogP) is 1.78. The van der Waals surface area contributed by atoms with E-state index in [1.807, 2.05) is 34.0 Å². The maximum atomic E-state index is 13.1. The maximum Gasteiger partial charge on any atom is 0.272 e. The van der Waals surface area contributed by atoms with Crippen molar-refractivity contribution in [2.24, 2.45) is 7.05 Å². The summed E-state index contributed by atoms with van der Waals surface area (Å²) < 4.78 is 14.2. The van der Waals surface area contributed by atoms with Crippen molar-refractivity contribution in [1.29, 1.82) is 0 Å². The number of amides is 1. The van der Waals surface area contributed by atoms with E-state index in [-0.39, 0.29) is 11.9 Å². The van der Waals surface area contributed by atoms with Crippen LogP contribution < -0.4 is 9.47 Å². The summed E-state index contributed by atoms with van der Waals surface area (Å²) in [6.07, 6.45) is 4.33. The molecule has 1 atom stereocenters. The summed E-state index contributed by atoms with van der Waals surface area (Å²) >= 11 is 0. The van der Waals surface area contributed by atoms with E-state index in [2.05, 4.69) is 15.4 Å². The second-order valence-corrected chi connectivity index (χ2v) is 6.68. The van der Waals surface area contributed by atoms with Crippen LogP contribution in [-0.4, -0.2) is 62.9 Å². The summed E-state index contributed by atoms with van der Waals surface area (Å²) in [4.78, 5) is 14.9. The Kier molecular flexibility index (Phi) is 4.72. The molecule has 4 rings (SSSR count). The van der Waals surface area contributed by atoms with E-state index in [1.54, 1.807) is 38.2 Å². The topological polar surface area (TPSA) is 87.3 Å². The molecule has 3 aromatic rings. The Hall–Kier alpha value is -3.36. The van der Waals surface area contributed by atoms with Gasteiger partial charge in [-0.3, -0.25) is 9.48 Å². The van der Waals surface area contributed by atoms with Crippen molar-refractivity contribution in [3.63, 3.8) is 0 Å². The zero-order valence-electron chi connectivity index (χ0n) is 16.1. The van der Waals surface area contributed by atoms with Crippen molar-refractivity contribution < 1.29 is 14.3 Å². The van der Waals surface area contributed by atoms with Gasteiger partial charge in [-0.2, -0.15) is 5.10 Å². The Morgan fingerprint density at radius 2 is 2.07 bits per heavy atom. The molecule has 1 aliphatic heterocycles. The lowest BCUT2D eigenvalue weighted by atomic mass is 10.1. The first-order chi connectivity index (χ1) is 13.6. The summed E-state index contributed by atoms with van der Waals surface area (Å²) in [6.45, 7) is 1.28. The molecule has 0 aliphatic carbocycles. The highest BCUT2D eigenvalue weighted by Crippen LogP contribution is 2.33. The quantitative estimate of drug-likeness (QED) is 0.669. The number of benzene rings is 1. The Balaban J connectivity index is 1.59. The van der Waals surface area contributed by atoms with E-state index >= 15 is 0 Å². The molecule has 0 saturated carbocycles. The summed E-state index contributed by atoms with van der Waals surface area (Å²) in [5.41, 5.74) is 1.96.